The number of aromatic nitrogens is 2. The van der Waals surface area contributed by atoms with Gasteiger partial charge in [-0.15, -0.1) is 0 Å². The molecular weight excluding hydrogens is 231 g/mol. The van der Waals surface area contributed by atoms with E-state index in [1.165, 1.54) is 12.1 Å². The first kappa shape index (κ1) is 12.7. The van der Waals surface area contributed by atoms with Gasteiger partial charge in [-0.3, -0.25) is 5.10 Å². The van der Waals surface area contributed by atoms with Crippen LogP contribution < -0.4 is 5.73 Å². The Bertz CT molecular complexity index is 504. The van der Waals surface area contributed by atoms with E-state index in [1.54, 1.807) is 18.3 Å². The van der Waals surface area contributed by atoms with E-state index in [0.717, 1.165) is 23.4 Å². The van der Waals surface area contributed by atoms with Gasteiger partial charge in [0.2, 0.25) is 0 Å². The number of benzene rings is 1. The number of hydrogen-bond acceptors (Lipinski definition) is 3. The van der Waals surface area contributed by atoms with Gasteiger partial charge in [-0.2, -0.15) is 5.10 Å². The van der Waals surface area contributed by atoms with Crippen LogP contribution in [0.3, 0.4) is 0 Å². The summed E-state index contributed by atoms with van der Waals surface area (Å²) < 4.78 is 12.9. The highest BCUT2D eigenvalue weighted by Crippen LogP contribution is 2.25. The number of likely N-dealkylation sites (N-methyl/N-ethyl adjacent to an activating group) is 1. The third-order valence-electron chi connectivity index (χ3n) is 2.76. The molecule has 1 atom stereocenters. The minimum Gasteiger partial charge on any atom is -0.323 e. The molecule has 0 saturated carbocycles. The largest absolute Gasteiger partial charge is 0.323 e. The molecule has 0 fully saturated rings. The standard InChI is InChI=1S/C13H17FN4/c1-18(2)8-12(15)11-7-16-17-13(11)9-3-5-10(14)6-4-9/h3-7,12H,8,15H2,1-2H3,(H,16,17). The molecule has 4 nitrogen and oxygen atoms in total. The Morgan fingerprint density at radius 1 is 1.33 bits per heavy atom. The van der Waals surface area contributed by atoms with Crippen LogP contribution in [-0.2, 0) is 0 Å². The van der Waals surface area contributed by atoms with Crippen LogP contribution >= 0.6 is 0 Å². The van der Waals surface area contributed by atoms with Gasteiger partial charge >= 0.3 is 0 Å². The van der Waals surface area contributed by atoms with Gasteiger partial charge in [0.05, 0.1) is 11.9 Å². The van der Waals surface area contributed by atoms with Crippen LogP contribution in [0.25, 0.3) is 11.3 Å². The Kier molecular flexibility index (Phi) is 3.74. The smallest absolute Gasteiger partial charge is 0.123 e. The number of aromatic amines is 1. The highest BCUT2D eigenvalue weighted by atomic mass is 19.1. The number of nitrogens with one attached hydrogen (secondary N) is 1. The molecule has 3 N–H and O–H groups in total. The first-order valence-electron chi connectivity index (χ1n) is 5.77. The molecule has 96 valence electrons. The lowest BCUT2D eigenvalue weighted by atomic mass is 10.0. The first-order chi connectivity index (χ1) is 8.58. The molecule has 0 aliphatic rings. The molecule has 18 heavy (non-hydrogen) atoms. The second-order valence-electron chi connectivity index (χ2n) is 4.58. The van der Waals surface area contributed by atoms with Gasteiger partial charge in [-0.25, -0.2) is 4.39 Å². The molecule has 0 amide bonds. The second-order valence-corrected chi connectivity index (χ2v) is 4.58. The van der Waals surface area contributed by atoms with Crippen LogP contribution in [0.1, 0.15) is 11.6 Å². The highest BCUT2D eigenvalue weighted by Gasteiger charge is 2.15. The number of hydrogen-bond donors (Lipinski definition) is 2. The summed E-state index contributed by atoms with van der Waals surface area (Å²) >= 11 is 0. The lowest BCUT2D eigenvalue weighted by molar-refractivity contribution is 0.377. The molecule has 1 heterocycles. The third-order valence-corrected chi connectivity index (χ3v) is 2.76. The average Bonchev–Trinajstić information content (AvgIpc) is 2.78. The van der Waals surface area contributed by atoms with Gasteiger partial charge < -0.3 is 10.6 Å². The Labute approximate surface area is 106 Å². The molecule has 5 heteroatoms. The summed E-state index contributed by atoms with van der Waals surface area (Å²) in [6.45, 7) is 0.730. The summed E-state index contributed by atoms with van der Waals surface area (Å²) in [5.74, 6) is -0.252. The highest BCUT2D eigenvalue weighted by molar-refractivity contribution is 5.63. The third kappa shape index (κ3) is 2.75. The molecule has 0 bridgehead atoms. The maximum atomic E-state index is 12.9. The van der Waals surface area contributed by atoms with Crippen molar-refractivity contribution in [1.29, 1.82) is 0 Å². The van der Waals surface area contributed by atoms with Gasteiger partial charge in [0.1, 0.15) is 5.82 Å². The van der Waals surface area contributed by atoms with Gasteiger partial charge in [-0.1, -0.05) is 0 Å². The van der Waals surface area contributed by atoms with E-state index < -0.39 is 0 Å². The van der Waals surface area contributed by atoms with Crippen molar-refractivity contribution in [1.82, 2.24) is 15.1 Å². The Hall–Kier alpha value is -1.72. The average molecular weight is 248 g/mol. The van der Waals surface area contributed by atoms with Crippen molar-refractivity contribution in [3.63, 3.8) is 0 Å². The van der Waals surface area contributed by atoms with Gasteiger partial charge in [-0.05, 0) is 38.4 Å². The maximum absolute atomic E-state index is 12.9. The van der Waals surface area contributed by atoms with Crippen LogP contribution in [-0.4, -0.2) is 35.7 Å². The van der Waals surface area contributed by atoms with Crippen molar-refractivity contribution in [3.8, 4) is 11.3 Å². The number of nitrogens with two attached hydrogens (primary N) is 1. The van der Waals surface area contributed by atoms with E-state index in [4.69, 9.17) is 5.73 Å². The quantitative estimate of drug-likeness (QED) is 0.867. The number of H-pyrrole nitrogens is 1. The first-order valence-corrected chi connectivity index (χ1v) is 5.77. The monoisotopic (exact) mass is 248 g/mol. The molecule has 1 aromatic carbocycles. The minimum absolute atomic E-state index is 0.126. The molecule has 0 radical (unpaired) electrons. The van der Waals surface area contributed by atoms with Crippen molar-refractivity contribution in [2.75, 3.05) is 20.6 Å². The van der Waals surface area contributed by atoms with E-state index >= 15 is 0 Å². The summed E-state index contributed by atoms with van der Waals surface area (Å²) in [6.07, 6.45) is 1.73. The fraction of sp³-hybridized carbons (Fsp3) is 0.308. The van der Waals surface area contributed by atoms with Crippen molar-refractivity contribution >= 4 is 0 Å². The predicted octanol–water partition coefficient (Wildman–Crippen LogP) is 1.78. The fourth-order valence-corrected chi connectivity index (χ4v) is 1.92. The molecule has 0 saturated heterocycles. The van der Waals surface area contributed by atoms with E-state index in [0.29, 0.717) is 0 Å². The Morgan fingerprint density at radius 3 is 2.61 bits per heavy atom. The van der Waals surface area contributed by atoms with Crippen LogP contribution in [0, 0.1) is 5.82 Å². The zero-order chi connectivity index (χ0) is 13.1. The normalized spacial score (nSPS) is 12.9. The number of halogens is 1. The topological polar surface area (TPSA) is 57.9 Å². The molecule has 0 aliphatic heterocycles. The van der Waals surface area contributed by atoms with Crippen LogP contribution in [0.2, 0.25) is 0 Å². The van der Waals surface area contributed by atoms with Crippen LogP contribution in [0.5, 0.6) is 0 Å². The zero-order valence-corrected chi connectivity index (χ0v) is 10.5. The van der Waals surface area contributed by atoms with Crippen molar-refractivity contribution < 1.29 is 4.39 Å². The lowest BCUT2D eigenvalue weighted by Gasteiger charge is -2.17. The molecule has 0 aliphatic carbocycles. The molecule has 1 aromatic heterocycles. The van der Waals surface area contributed by atoms with Gasteiger partial charge in [0.25, 0.3) is 0 Å². The summed E-state index contributed by atoms with van der Waals surface area (Å²) in [5.41, 5.74) is 8.81. The molecule has 2 rings (SSSR count). The molecule has 2 aromatic rings. The fourth-order valence-electron chi connectivity index (χ4n) is 1.92. The summed E-state index contributed by atoms with van der Waals surface area (Å²) in [6, 6.07) is 6.16. The summed E-state index contributed by atoms with van der Waals surface area (Å²) in [7, 11) is 3.94. The molecular formula is C13H17FN4. The molecule has 0 spiro atoms. The predicted molar refractivity (Wildman–Crippen MR) is 69.5 cm³/mol. The SMILES string of the molecule is CN(C)CC(N)c1cn[nH]c1-c1ccc(F)cc1. The number of nitrogens with zero attached hydrogens (tertiary/aromatic N) is 2. The van der Waals surface area contributed by atoms with Crippen LogP contribution in [0.15, 0.2) is 30.5 Å². The Morgan fingerprint density at radius 2 is 2.00 bits per heavy atom. The van der Waals surface area contributed by atoms with Gasteiger partial charge in [0.15, 0.2) is 0 Å². The zero-order valence-electron chi connectivity index (χ0n) is 10.5. The molecule has 1 unspecified atom stereocenters. The van der Waals surface area contributed by atoms with Crippen molar-refractivity contribution in [2.24, 2.45) is 5.73 Å². The summed E-state index contributed by atoms with van der Waals surface area (Å²) in [4.78, 5) is 2.02. The maximum Gasteiger partial charge on any atom is 0.123 e. The van der Waals surface area contributed by atoms with Crippen molar-refractivity contribution in [2.45, 2.75) is 6.04 Å². The lowest BCUT2D eigenvalue weighted by Crippen LogP contribution is -2.26. The minimum atomic E-state index is -0.252. The Balaban J connectivity index is 2.29. The van der Waals surface area contributed by atoms with Crippen molar-refractivity contribution in [3.05, 3.63) is 41.8 Å². The van der Waals surface area contributed by atoms with E-state index in [2.05, 4.69) is 10.2 Å². The van der Waals surface area contributed by atoms with E-state index in [1.807, 2.05) is 19.0 Å². The van der Waals surface area contributed by atoms with Gasteiger partial charge in [0, 0.05) is 23.7 Å². The second kappa shape index (κ2) is 5.29. The van der Waals surface area contributed by atoms with E-state index in [9.17, 15) is 4.39 Å². The number of rotatable bonds is 4. The van der Waals surface area contributed by atoms with Crippen LogP contribution in [0.4, 0.5) is 4.39 Å². The van der Waals surface area contributed by atoms with E-state index in [-0.39, 0.29) is 11.9 Å². The summed E-state index contributed by atoms with van der Waals surface area (Å²) in [5, 5.41) is 6.96.